The smallest absolute Gasteiger partial charge is 0.364 e. The number of hydrogen-bond acceptors (Lipinski definition) is 3. The normalized spacial score (nSPS) is 15.5. The maximum atomic E-state index is 10.4. The predicted molar refractivity (Wildman–Crippen MR) is 46.9 cm³/mol. The maximum absolute atomic E-state index is 10.4. The minimum absolute atomic E-state index is 0.374. The van der Waals surface area contributed by atoms with Crippen LogP contribution in [0.3, 0.4) is 0 Å². The average molecular weight is 192 g/mol. The summed E-state index contributed by atoms with van der Waals surface area (Å²) in [6.45, 7) is 1.87. The van der Waals surface area contributed by atoms with Crippen LogP contribution in [0.2, 0.25) is 0 Å². The number of aliphatic hydroxyl groups is 2. The Morgan fingerprint density at radius 3 is 2.00 bits per heavy atom. The Morgan fingerprint density at radius 2 is 1.77 bits per heavy atom. The third kappa shape index (κ3) is 3.71. The molecule has 0 saturated carbocycles. The molecule has 0 spiro atoms. The predicted octanol–water partition coefficient (Wildman–Crippen LogP) is -0.906. The number of aliphatic carboxylic acids is 1. The number of quaternary nitrogens is 1. The number of carboxylic acid groups (broad SMARTS) is 1. The van der Waals surface area contributed by atoms with Gasteiger partial charge in [0.25, 0.3) is 5.79 Å². The van der Waals surface area contributed by atoms with Crippen LogP contribution in [0.5, 0.6) is 0 Å². The van der Waals surface area contributed by atoms with Crippen molar-refractivity contribution in [3.8, 4) is 0 Å². The fourth-order valence-electron chi connectivity index (χ4n) is 1.16. The van der Waals surface area contributed by atoms with E-state index in [0.717, 1.165) is 0 Å². The molecule has 0 amide bonds. The van der Waals surface area contributed by atoms with Crippen molar-refractivity contribution in [3.63, 3.8) is 0 Å². The molecule has 1 unspecified atom stereocenters. The zero-order valence-electron chi connectivity index (χ0n) is 8.48. The molecule has 0 aliphatic carbocycles. The van der Waals surface area contributed by atoms with Crippen LogP contribution in [0.15, 0.2) is 0 Å². The summed E-state index contributed by atoms with van der Waals surface area (Å²) in [4.78, 5) is 10.4. The molecule has 0 rings (SSSR count). The van der Waals surface area contributed by atoms with E-state index in [0.29, 0.717) is 11.0 Å². The van der Waals surface area contributed by atoms with E-state index in [1.54, 1.807) is 0 Å². The third-order valence-electron chi connectivity index (χ3n) is 1.82. The van der Waals surface area contributed by atoms with Crippen molar-refractivity contribution < 1.29 is 24.6 Å². The molecule has 0 bridgehead atoms. The highest BCUT2D eigenvalue weighted by molar-refractivity contribution is 5.75. The molecule has 0 aromatic rings. The summed E-state index contributed by atoms with van der Waals surface area (Å²) in [6, 6.07) is 0. The van der Waals surface area contributed by atoms with E-state index >= 15 is 0 Å². The summed E-state index contributed by atoms with van der Waals surface area (Å²) in [5, 5.41) is 26.8. The van der Waals surface area contributed by atoms with Gasteiger partial charge in [-0.1, -0.05) is 6.92 Å². The second-order valence-corrected chi connectivity index (χ2v) is 4.41. The molecule has 0 aromatic carbocycles. The molecule has 1 atom stereocenters. The first-order chi connectivity index (χ1) is 5.57. The Hall–Kier alpha value is -0.650. The molecular weight excluding hydrogens is 174 g/mol. The summed E-state index contributed by atoms with van der Waals surface area (Å²) in [6.07, 6.45) is 0. The molecule has 0 aliphatic heterocycles. The van der Waals surface area contributed by atoms with Gasteiger partial charge in [-0.3, -0.25) is 0 Å². The van der Waals surface area contributed by atoms with Crippen molar-refractivity contribution in [2.24, 2.45) is 5.92 Å². The highest BCUT2D eigenvalue weighted by Crippen LogP contribution is 2.16. The van der Waals surface area contributed by atoms with Crippen molar-refractivity contribution >= 4 is 5.97 Å². The van der Waals surface area contributed by atoms with Gasteiger partial charge >= 0.3 is 5.97 Å². The van der Waals surface area contributed by atoms with Gasteiger partial charge in [-0.15, -0.1) is 0 Å². The van der Waals surface area contributed by atoms with Gasteiger partial charge in [-0.25, -0.2) is 4.79 Å². The molecule has 0 aliphatic rings. The summed E-state index contributed by atoms with van der Waals surface area (Å²) in [5.74, 6) is -4.95. The summed E-state index contributed by atoms with van der Waals surface area (Å²) in [5.41, 5.74) is 0. The molecule has 78 valence electrons. The zero-order valence-corrected chi connectivity index (χ0v) is 8.48. The van der Waals surface area contributed by atoms with Crippen LogP contribution in [0.4, 0.5) is 0 Å². The van der Waals surface area contributed by atoms with E-state index in [4.69, 9.17) is 15.3 Å². The van der Waals surface area contributed by atoms with Crippen LogP contribution in [0, 0.1) is 5.92 Å². The minimum Gasteiger partial charge on any atom is -0.477 e. The van der Waals surface area contributed by atoms with E-state index in [9.17, 15) is 4.79 Å². The van der Waals surface area contributed by atoms with Gasteiger partial charge in [-0.2, -0.15) is 0 Å². The Kier molecular flexibility index (Phi) is 3.43. The largest absolute Gasteiger partial charge is 0.477 e. The van der Waals surface area contributed by atoms with Crippen LogP contribution >= 0.6 is 0 Å². The molecule has 5 nitrogen and oxygen atoms in total. The fraction of sp³-hybridized carbons (Fsp3) is 0.875. The van der Waals surface area contributed by atoms with Crippen LogP contribution in [0.25, 0.3) is 0 Å². The Bertz CT molecular complexity index is 195. The molecule has 0 heterocycles. The number of carbonyl (C=O) groups is 1. The lowest BCUT2D eigenvalue weighted by atomic mass is 10.00. The van der Waals surface area contributed by atoms with Gasteiger partial charge in [0.1, 0.15) is 0 Å². The average Bonchev–Trinajstić information content (AvgIpc) is 1.82. The lowest BCUT2D eigenvalue weighted by Crippen LogP contribution is -2.51. The van der Waals surface area contributed by atoms with E-state index in [1.165, 1.54) is 6.92 Å². The molecule has 0 radical (unpaired) electrons. The highest BCUT2D eigenvalue weighted by Gasteiger charge is 2.42. The number of rotatable bonds is 4. The highest BCUT2D eigenvalue weighted by atomic mass is 16.5. The van der Waals surface area contributed by atoms with E-state index in [2.05, 4.69) is 0 Å². The van der Waals surface area contributed by atoms with E-state index in [1.807, 2.05) is 21.1 Å². The van der Waals surface area contributed by atoms with Gasteiger partial charge in [0, 0.05) is 0 Å². The standard InChI is InChI=1S/C8H17NO4/c1-6(5-9(2,3)4)8(12,13)7(10)11/h6,12-13H,5H2,1-4H3/p+1. The summed E-state index contributed by atoms with van der Waals surface area (Å²) < 4.78 is 0.483. The molecule has 0 saturated heterocycles. The van der Waals surface area contributed by atoms with Gasteiger partial charge in [0.2, 0.25) is 0 Å². The first-order valence-electron chi connectivity index (χ1n) is 4.06. The van der Waals surface area contributed by atoms with Crippen molar-refractivity contribution in [2.45, 2.75) is 12.7 Å². The number of nitrogens with zero attached hydrogens (tertiary/aromatic N) is 1. The molecule has 5 heteroatoms. The summed E-state index contributed by atoms with van der Waals surface area (Å²) in [7, 11) is 5.57. The molecule has 0 aromatic heterocycles. The topological polar surface area (TPSA) is 77.8 Å². The summed E-state index contributed by atoms with van der Waals surface area (Å²) >= 11 is 0. The van der Waals surface area contributed by atoms with Crippen molar-refractivity contribution in [1.82, 2.24) is 0 Å². The van der Waals surface area contributed by atoms with Crippen LogP contribution in [-0.2, 0) is 4.79 Å². The van der Waals surface area contributed by atoms with E-state index < -0.39 is 17.7 Å². The Balaban J connectivity index is 4.43. The van der Waals surface area contributed by atoms with Crippen LogP contribution in [-0.4, -0.2) is 59.2 Å². The van der Waals surface area contributed by atoms with Crippen LogP contribution < -0.4 is 0 Å². The monoisotopic (exact) mass is 192 g/mol. The maximum Gasteiger partial charge on any atom is 0.364 e. The fourth-order valence-corrected chi connectivity index (χ4v) is 1.16. The Labute approximate surface area is 77.8 Å². The van der Waals surface area contributed by atoms with Gasteiger partial charge in [0.05, 0.1) is 33.6 Å². The quantitative estimate of drug-likeness (QED) is 0.398. The van der Waals surface area contributed by atoms with Gasteiger partial charge in [0.15, 0.2) is 0 Å². The minimum atomic E-state index is -2.63. The van der Waals surface area contributed by atoms with Crippen molar-refractivity contribution in [1.29, 1.82) is 0 Å². The lowest BCUT2D eigenvalue weighted by Gasteiger charge is -2.31. The first-order valence-corrected chi connectivity index (χ1v) is 4.06. The van der Waals surface area contributed by atoms with Crippen molar-refractivity contribution in [3.05, 3.63) is 0 Å². The van der Waals surface area contributed by atoms with E-state index in [-0.39, 0.29) is 0 Å². The first kappa shape index (κ1) is 12.3. The van der Waals surface area contributed by atoms with Gasteiger partial charge in [-0.05, 0) is 0 Å². The molecular formula is C8H18NO4+. The van der Waals surface area contributed by atoms with Gasteiger partial charge < -0.3 is 19.8 Å². The molecule has 13 heavy (non-hydrogen) atoms. The lowest BCUT2D eigenvalue weighted by molar-refractivity contribution is -0.875. The molecule has 3 N–H and O–H groups in total. The third-order valence-corrected chi connectivity index (χ3v) is 1.82. The number of hydrogen-bond donors (Lipinski definition) is 3. The SMILES string of the molecule is CC(C[N+](C)(C)C)C(O)(O)C(=O)O. The number of carboxylic acids is 1. The van der Waals surface area contributed by atoms with Crippen LogP contribution in [0.1, 0.15) is 6.92 Å². The second-order valence-electron chi connectivity index (χ2n) is 4.41. The molecule has 0 fully saturated rings. The Morgan fingerprint density at radius 1 is 1.38 bits per heavy atom. The zero-order chi connectivity index (χ0) is 10.9. The second kappa shape index (κ2) is 3.61. The van der Waals surface area contributed by atoms with Crippen molar-refractivity contribution in [2.75, 3.05) is 27.7 Å².